The van der Waals surface area contributed by atoms with Crippen molar-refractivity contribution in [3.8, 4) is 0 Å². The van der Waals surface area contributed by atoms with Gasteiger partial charge in [-0.15, -0.1) is 0 Å². The lowest BCUT2D eigenvalue weighted by molar-refractivity contribution is -0.139. The lowest BCUT2D eigenvalue weighted by atomic mass is 10.0. The van der Waals surface area contributed by atoms with Crippen LogP contribution >= 0.6 is 0 Å². The van der Waals surface area contributed by atoms with Gasteiger partial charge in [0.15, 0.2) is 0 Å². The van der Waals surface area contributed by atoms with E-state index in [0.717, 1.165) is 0 Å². The minimum atomic E-state index is -1.15. The number of carboxylic acid groups (broad SMARTS) is 1. The molecule has 1 unspecified atom stereocenters. The van der Waals surface area contributed by atoms with E-state index in [2.05, 4.69) is 10.6 Å². The molecule has 1 fully saturated rings. The Balaban J connectivity index is 1.78. The molecule has 3 rings (SSSR count). The van der Waals surface area contributed by atoms with Crippen molar-refractivity contribution in [3.05, 3.63) is 34.9 Å². The zero-order valence-corrected chi connectivity index (χ0v) is 13.9. The molecule has 136 valence electrons. The van der Waals surface area contributed by atoms with Gasteiger partial charge in [0.1, 0.15) is 12.1 Å². The van der Waals surface area contributed by atoms with E-state index in [4.69, 9.17) is 5.11 Å². The van der Waals surface area contributed by atoms with Gasteiger partial charge in [0.25, 0.3) is 11.8 Å². The van der Waals surface area contributed by atoms with Crippen LogP contribution in [0.5, 0.6) is 0 Å². The lowest BCUT2D eigenvalue weighted by Gasteiger charge is -2.29. The predicted molar refractivity (Wildman–Crippen MR) is 87.1 cm³/mol. The first-order valence-electron chi connectivity index (χ1n) is 8.09. The molecule has 0 saturated carbocycles. The van der Waals surface area contributed by atoms with Gasteiger partial charge in [0, 0.05) is 24.1 Å². The van der Waals surface area contributed by atoms with Crippen LogP contribution in [-0.4, -0.2) is 51.7 Å². The Morgan fingerprint density at radius 2 is 2.04 bits per heavy atom. The molecule has 3 N–H and O–H groups in total. The summed E-state index contributed by atoms with van der Waals surface area (Å²) in [6.07, 6.45) is 0.422. The second kappa shape index (κ2) is 6.58. The van der Waals surface area contributed by atoms with Gasteiger partial charge in [-0.05, 0) is 37.1 Å². The van der Waals surface area contributed by atoms with E-state index in [0.29, 0.717) is 11.1 Å². The second-order valence-electron chi connectivity index (χ2n) is 6.31. The normalized spacial score (nSPS) is 20.4. The SMILES string of the molecule is C[C@H](NC(=O)c1ccc2c(c1)CN(C1CCC(=O)NC1=O)C2=O)C(=O)O. The van der Waals surface area contributed by atoms with E-state index in [9.17, 15) is 24.0 Å². The summed E-state index contributed by atoms with van der Waals surface area (Å²) in [4.78, 5) is 60.2. The Kier molecular flexibility index (Phi) is 4.45. The highest BCUT2D eigenvalue weighted by Crippen LogP contribution is 2.28. The van der Waals surface area contributed by atoms with Crippen molar-refractivity contribution in [2.75, 3.05) is 0 Å². The summed E-state index contributed by atoms with van der Waals surface area (Å²) in [5.74, 6) is -2.91. The summed E-state index contributed by atoms with van der Waals surface area (Å²) in [6, 6.07) is 2.68. The molecule has 1 aromatic carbocycles. The van der Waals surface area contributed by atoms with Gasteiger partial charge < -0.3 is 15.3 Å². The van der Waals surface area contributed by atoms with E-state index < -0.39 is 29.9 Å². The van der Waals surface area contributed by atoms with E-state index >= 15 is 0 Å². The van der Waals surface area contributed by atoms with Gasteiger partial charge in [-0.3, -0.25) is 29.3 Å². The molecular weight excluding hydrogens is 342 g/mol. The number of amides is 4. The Morgan fingerprint density at radius 1 is 1.31 bits per heavy atom. The van der Waals surface area contributed by atoms with Gasteiger partial charge in [-0.2, -0.15) is 0 Å². The topological polar surface area (TPSA) is 133 Å². The van der Waals surface area contributed by atoms with Crippen molar-refractivity contribution in [1.82, 2.24) is 15.5 Å². The third-order valence-corrected chi connectivity index (χ3v) is 4.50. The average molecular weight is 359 g/mol. The molecule has 0 aliphatic carbocycles. The van der Waals surface area contributed by atoms with Crippen LogP contribution in [0.15, 0.2) is 18.2 Å². The van der Waals surface area contributed by atoms with Crippen LogP contribution in [0.4, 0.5) is 0 Å². The molecule has 26 heavy (non-hydrogen) atoms. The average Bonchev–Trinajstić information content (AvgIpc) is 2.90. The van der Waals surface area contributed by atoms with Gasteiger partial charge in [0.2, 0.25) is 11.8 Å². The van der Waals surface area contributed by atoms with Crippen molar-refractivity contribution in [2.45, 2.75) is 38.4 Å². The Hall–Kier alpha value is -3.23. The van der Waals surface area contributed by atoms with Crippen molar-refractivity contribution in [3.63, 3.8) is 0 Å². The van der Waals surface area contributed by atoms with Crippen LogP contribution in [-0.2, 0) is 20.9 Å². The maximum absolute atomic E-state index is 12.6. The van der Waals surface area contributed by atoms with Crippen LogP contribution in [0.25, 0.3) is 0 Å². The number of carbonyl (C=O) groups is 5. The van der Waals surface area contributed by atoms with Crippen LogP contribution in [0.3, 0.4) is 0 Å². The summed E-state index contributed by atoms with van der Waals surface area (Å²) in [5, 5.41) is 13.4. The van der Waals surface area contributed by atoms with Crippen molar-refractivity contribution >= 4 is 29.6 Å². The molecule has 2 atom stereocenters. The zero-order chi connectivity index (χ0) is 19.0. The Bertz CT molecular complexity index is 834. The fourth-order valence-corrected chi connectivity index (χ4v) is 3.06. The molecule has 9 nitrogen and oxygen atoms in total. The monoisotopic (exact) mass is 359 g/mol. The molecule has 0 bridgehead atoms. The van der Waals surface area contributed by atoms with Crippen LogP contribution in [0.1, 0.15) is 46.0 Å². The summed E-state index contributed by atoms with van der Waals surface area (Å²) < 4.78 is 0. The standard InChI is InChI=1S/C17H17N3O6/c1-8(17(25)26)18-14(22)9-2-3-11-10(6-9)7-20(16(11)24)12-4-5-13(21)19-15(12)23/h2-3,6,8,12H,4-5,7H2,1H3,(H,18,22)(H,25,26)(H,19,21,23)/t8-,12?/m0/s1. The quantitative estimate of drug-likeness (QED) is 0.630. The van der Waals surface area contributed by atoms with Crippen molar-refractivity contribution in [1.29, 1.82) is 0 Å². The lowest BCUT2D eigenvalue weighted by Crippen LogP contribution is -2.52. The maximum atomic E-state index is 12.6. The number of fused-ring (bicyclic) bond motifs is 1. The fraction of sp³-hybridized carbons (Fsp3) is 0.353. The number of carboxylic acids is 1. The zero-order valence-electron chi connectivity index (χ0n) is 13.9. The Morgan fingerprint density at radius 3 is 2.69 bits per heavy atom. The van der Waals surface area contributed by atoms with E-state index in [1.54, 1.807) is 0 Å². The summed E-state index contributed by atoms with van der Waals surface area (Å²) >= 11 is 0. The molecule has 2 aliphatic rings. The largest absolute Gasteiger partial charge is 0.480 e. The van der Waals surface area contributed by atoms with Crippen LogP contribution in [0.2, 0.25) is 0 Å². The number of hydrogen-bond donors (Lipinski definition) is 3. The number of benzene rings is 1. The van der Waals surface area contributed by atoms with Crippen LogP contribution in [0, 0.1) is 0 Å². The minimum Gasteiger partial charge on any atom is -0.480 e. The summed E-state index contributed by atoms with van der Waals surface area (Å²) in [6.45, 7) is 1.50. The van der Waals surface area contributed by atoms with Gasteiger partial charge in [0.05, 0.1) is 0 Å². The van der Waals surface area contributed by atoms with Crippen molar-refractivity contribution < 1.29 is 29.1 Å². The summed E-state index contributed by atoms with van der Waals surface area (Å²) in [7, 11) is 0. The van der Waals surface area contributed by atoms with Gasteiger partial charge in [-0.1, -0.05) is 0 Å². The number of rotatable bonds is 4. The molecule has 2 heterocycles. The molecule has 4 amide bonds. The third-order valence-electron chi connectivity index (χ3n) is 4.50. The number of nitrogens with one attached hydrogen (secondary N) is 2. The van der Waals surface area contributed by atoms with Gasteiger partial charge in [-0.25, -0.2) is 0 Å². The first kappa shape index (κ1) is 17.6. The number of piperidine rings is 1. The first-order chi connectivity index (χ1) is 12.3. The molecule has 9 heteroatoms. The second-order valence-corrected chi connectivity index (χ2v) is 6.31. The number of aliphatic carboxylic acids is 1. The number of carbonyl (C=O) groups excluding carboxylic acids is 4. The summed E-state index contributed by atoms with van der Waals surface area (Å²) in [5.41, 5.74) is 1.20. The highest BCUT2D eigenvalue weighted by molar-refractivity contribution is 6.06. The van der Waals surface area contributed by atoms with Gasteiger partial charge >= 0.3 is 5.97 Å². The maximum Gasteiger partial charge on any atom is 0.325 e. The minimum absolute atomic E-state index is 0.149. The molecule has 1 aromatic rings. The van der Waals surface area contributed by atoms with E-state index in [-0.39, 0.29) is 36.8 Å². The highest BCUT2D eigenvalue weighted by Gasteiger charge is 2.39. The molecule has 0 radical (unpaired) electrons. The highest BCUT2D eigenvalue weighted by atomic mass is 16.4. The number of hydrogen-bond acceptors (Lipinski definition) is 5. The molecular formula is C17H17N3O6. The molecule has 0 spiro atoms. The molecule has 1 saturated heterocycles. The predicted octanol–water partition coefficient (Wildman–Crippen LogP) is -0.349. The fourth-order valence-electron chi connectivity index (χ4n) is 3.06. The smallest absolute Gasteiger partial charge is 0.325 e. The van der Waals surface area contributed by atoms with Crippen LogP contribution < -0.4 is 10.6 Å². The number of nitrogens with zero attached hydrogens (tertiary/aromatic N) is 1. The van der Waals surface area contributed by atoms with E-state index in [1.165, 1.54) is 30.0 Å². The molecule has 0 aromatic heterocycles. The molecule has 2 aliphatic heterocycles. The number of imide groups is 1. The Labute approximate surface area is 148 Å². The first-order valence-corrected chi connectivity index (χ1v) is 8.09. The third kappa shape index (κ3) is 3.15. The van der Waals surface area contributed by atoms with Crippen molar-refractivity contribution in [2.24, 2.45) is 0 Å². The van der Waals surface area contributed by atoms with E-state index in [1.807, 2.05) is 0 Å².